The van der Waals surface area contributed by atoms with Crippen molar-refractivity contribution in [1.29, 1.82) is 0 Å². The summed E-state index contributed by atoms with van der Waals surface area (Å²) in [6.45, 7) is 0. The molecular formula is C12H10ClFN2O2S. The molecule has 0 aliphatic carbocycles. The van der Waals surface area contributed by atoms with E-state index in [1.165, 1.54) is 36.4 Å². The lowest BCUT2D eigenvalue weighted by Gasteiger charge is -2.10. The van der Waals surface area contributed by atoms with Crippen LogP contribution in [0.3, 0.4) is 0 Å². The molecule has 0 amide bonds. The van der Waals surface area contributed by atoms with Crippen LogP contribution in [-0.2, 0) is 10.0 Å². The van der Waals surface area contributed by atoms with Crippen molar-refractivity contribution in [3.05, 3.63) is 53.3 Å². The summed E-state index contributed by atoms with van der Waals surface area (Å²) < 4.78 is 39.7. The van der Waals surface area contributed by atoms with Crippen molar-refractivity contribution in [2.75, 3.05) is 10.5 Å². The summed E-state index contributed by atoms with van der Waals surface area (Å²) in [7, 11) is -4.03. The third-order valence-corrected chi connectivity index (χ3v) is 4.08. The molecule has 0 spiro atoms. The van der Waals surface area contributed by atoms with Crippen LogP contribution in [0.4, 0.5) is 15.8 Å². The zero-order valence-electron chi connectivity index (χ0n) is 9.60. The minimum absolute atomic E-state index is 0.138. The molecule has 0 aliphatic heterocycles. The molecule has 0 fully saturated rings. The van der Waals surface area contributed by atoms with Crippen molar-refractivity contribution in [3.8, 4) is 0 Å². The number of sulfonamides is 1. The summed E-state index contributed by atoms with van der Waals surface area (Å²) in [5.74, 6) is -0.832. The standard InChI is InChI=1S/C12H10ClFN2O2S/c13-9-7-8(15)5-6-11(9)16-19(17,18)12-4-2-1-3-10(12)14/h1-7,16H,15H2. The van der Waals surface area contributed by atoms with Gasteiger partial charge in [0, 0.05) is 5.69 Å². The van der Waals surface area contributed by atoms with Gasteiger partial charge >= 0.3 is 0 Å². The van der Waals surface area contributed by atoms with Gasteiger partial charge in [-0.25, -0.2) is 12.8 Å². The molecule has 0 atom stereocenters. The van der Waals surface area contributed by atoms with Crippen molar-refractivity contribution in [3.63, 3.8) is 0 Å². The number of nitrogens with one attached hydrogen (secondary N) is 1. The molecule has 0 aromatic heterocycles. The SMILES string of the molecule is Nc1ccc(NS(=O)(=O)c2ccccc2F)c(Cl)c1. The number of benzene rings is 2. The fourth-order valence-corrected chi connectivity index (χ4v) is 2.93. The van der Waals surface area contributed by atoms with Crippen molar-refractivity contribution in [2.45, 2.75) is 4.90 Å². The normalized spacial score (nSPS) is 11.3. The Hall–Kier alpha value is -1.79. The van der Waals surface area contributed by atoms with Crippen molar-refractivity contribution >= 4 is 33.0 Å². The van der Waals surface area contributed by atoms with Crippen molar-refractivity contribution < 1.29 is 12.8 Å². The first-order valence-corrected chi connectivity index (χ1v) is 7.08. The highest BCUT2D eigenvalue weighted by atomic mass is 35.5. The van der Waals surface area contributed by atoms with Gasteiger partial charge < -0.3 is 5.73 Å². The van der Waals surface area contributed by atoms with Crippen LogP contribution in [0.25, 0.3) is 0 Å². The van der Waals surface area contributed by atoms with Gasteiger partial charge in [0.2, 0.25) is 0 Å². The van der Waals surface area contributed by atoms with Gasteiger partial charge in [0.1, 0.15) is 10.7 Å². The van der Waals surface area contributed by atoms with Gasteiger partial charge in [-0.2, -0.15) is 0 Å². The van der Waals surface area contributed by atoms with Gasteiger partial charge in [0.15, 0.2) is 0 Å². The molecular weight excluding hydrogens is 291 g/mol. The highest BCUT2D eigenvalue weighted by Crippen LogP contribution is 2.27. The first kappa shape index (κ1) is 13.6. The van der Waals surface area contributed by atoms with E-state index >= 15 is 0 Å². The highest BCUT2D eigenvalue weighted by Gasteiger charge is 2.19. The Morgan fingerprint density at radius 1 is 1.16 bits per heavy atom. The van der Waals surface area contributed by atoms with Crippen LogP contribution in [-0.4, -0.2) is 8.42 Å². The monoisotopic (exact) mass is 300 g/mol. The maximum atomic E-state index is 13.5. The average Bonchev–Trinajstić information content (AvgIpc) is 2.33. The molecule has 0 heterocycles. The van der Waals surface area contributed by atoms with Crippen LogP contribution in [0, 0.1) is 5.82 Å². The van der Waals surface area contributed by atoms with E-state index in [1.807, 2.05) is 0 Å². The second-order valence-corrected chi connectivity index (χ2v) is 5.83. The van der Waals surface area contributed by atoms with Crippen molar-refractivity contribution in [1.82, 2.24) is 0 Å². The Kier molecular flexibility index (Phi) is 3.64. The summed E-state index contributed by atoms with van der Waals surface area (Å²) >= 11 is 5.86. The van der Waals surface area contributed by atoms with E-state index in [1.54, 1.807) is 0 Å². The number of nitrogen functional groups attached to an aromatic ring is 1. The minimum Gasteiger partial charge on any atom is -0.399 e. The van der Waals surface area contributed by atoms with Gasteiger partial charge in [-0.3, -0.25) is 4.72 Å². The Morgan fingerprint density at radius 3 is 2.47 bits per heavy atom. The molecule has 19 heavy (non-hydrogen) atoms. The lowest BCUT2D eigenvalue weighted by molar-refractivity contribution is 0.570. The van der Waals surface area contributed by atoms with E-state index in [-0.39, 0.29) is 10.7 Å². The van der Waals surface area contributed by atoms with E-state index in [4.69, 9.17) is 17.3 Å². The molecule has 100 valence electrons. The molecule has 2 aromatic rings. The molecule has 2 aromatic carbocycles. The van der Waals surface area contributed by atoms with Crippen molar-refractivity contribution in [2.24, 2.45) is 0 Å². The molecule has 7 heteroatoms. The quantitative estimate of drug-likeness (QED) is 0.856. The van der Waals surface area contributed by atoms with Gasteiger partial charge in [-0.05, 0) is 30.3 Å². The number of anilines is 2. The summed E-state index contributed by atoms with van der Waals surface area (Å²) in [6.07, 6.45) is 0. The molecule has 3 N–H and O–H groups in total. The molecule has 0 bridgehead atoms. The molecule has 2 rings (SSSR count). The highest BCUT2D eigenvalue weighted by molar-refractivity contribution is 7.92. The zero-order chi connectivity index (χ0) is 14.0. The van der Waals surface area contributed by atoms with Gasteiger partial charge in [-0.15, -0.1) is 0 Å². The molecule has 0 unspecified atom stereocenters. The topological polar surface area (TPSA) is 72.2 Å². The Bertz CT molecular complexity index is 719. The predicted octanol–water partition coefficient (Wildman–Crippen LogP) is 2.86. The maximum Gasteiger partial charge on any atom is 0.264 e. The lowest BCUT2D eigenvalue weighted by atomic mass is 10.3. The van der Waals surface area contributed by atoms with Crippen LogP contribution in [0.2, 0.25) is 5.02 Å². The molecule has 4 nitrogen and oxygen atoms in total. The van der Waals surface area contributed by atoms with Crippen LogP contribution in [0.5, 0.6) is 0 Å². The van der Waals surface area contributed by atoms with Crippen LogP contribution in [0.15, 0.2) is 47.4 Å². The van der Waals surface area contributed by atoms with Crippen LogP contribution < -0.4 is 10.5 Å². The number of halogens is 2. The average molecular weight is 301 g/mol. The fourth-order valence-electron chi connectivity index (χ4n) is 1.48. The largest absolute Gasteiger partial charge is 0.399 e. The van der Waals surface area contributed by atoms with E-state index in [2.05, 4.69) is 4.72 Å². The Morgan fingerprint density at radius 2 is 1.84 bits per heavy atom. The summed E-state index contributed by atoms with van der Waals surface area (Å²) in [4.78, 5) is -0.442. The lowest BCUT2D eigenvalue weighted by Crippen LogP contribution is -2.14. The number of hydrogen-bond donors (Lipinski definition) is 2. The van der Waals surface area contributed by atoms with Gasteiger partial charge in [-0.1, -0.05) is 23.7 Å². The second-order valence-electron chi connectivity index (χ2n) is 3.78. The fraction of sp³-hybridized carbons (Fsp3) is 0. The van der Waals surface area contributed by atoms with E-state index < -0.39 is 20.7 Å². The van der Waals surface area contributed by atoms with E-state index in [9.17, 15) is 12.8 Å². The second kappa shape index (κ2) is 5.07. The minimum atomic E-state index is -4.03. The smallest absolute Gasteiger partial charge is 0.264 e. The van der Waals surface area contributed by atoms with Gasteiger partial charge in [0.05, 0.1) is 10.7 Å². The van der Waals surface area contributed by atoms with E-state index in [0.29, 0.717) is 5.69 Å². The first-order chi connectivity index (χ1) is 8.90. The van der Waals surface area contributed by atoms with E-state index in [0.717, 1.165) is 6.07 Å². The molecule has 0 aliphatic rings. The predicted molar refractivity (Wildman–Crippen MR) is 73.1 cm³/mol. The maximum absolute atomic E-state index is 13.5. The molecule has 0 saturated carbocycles. The van der Waals surface area contributed by atoms with Gasteiger partial charge in [0.25, 0.3) is 10.0 Å². The first-order valence-electron chi connectivity index (χ1n) is 5.22. The third kappa shape index (κ3) is 2.97. The summed E-state index contributed by atoms with van der Waals surface area (Å²) in [6, 6.07) is 9.39. The third-order valence-electron chi connectivity index (χ3n) is 2.36. The molecule has 0 saturated heterocycles. The van der Waals surface area contributed by atoms with Crippen LogP contribution >= 0.6 is 11.6 Å². The Labute approximate surface area is 115 Å². The number of hydrogen-bond acceptors (Lipinski definition) is 3. The number of nitrogens with two attached hydrogens (primary N) is 1. The zero-order valence-corrected chi connectivity index (χ0v) is 11.2. The Balaban J connectivity index is 2.40. The summed E-state index contributed by atoms with van der Waals surface area (Å²) in [5.41, 5.74) is 6.04. The molecule has 0 radical (unpaired) electrons. The summed E-state index contributed by atoms with van der Waals surface area (Å²) in [5, 5.41) is 0.139. The number of rotatable bonds is 3. The van der Waals surface area contributed by atoms with Crippen LogP contribution in [0.1, 0.15) is 0 Å².